The van der Waals surface area contributed by atoms with Crippen LogP contribution in [-0.4, -0.2) is 27.4 Å². The molecule has 2 heterocycles. The fourth-order valence-electron chi connectivity index (χ4n) is 4.02. The molecule has 2 aromatic rings. The lowest BCUT2D eigenvalue weighted by Crippen LogP contribution is -2.35. The van der Waals surface area contributed by atoms with Gasteiger partial charge < -0.3 is 20.9 Å². The van der Waals surface area contributed by atoms with Crippen molar-refractivity contribution in [2.24, 2.45) is 0 Å². The van der Waals surface area contributed by atoms with E-state index in [1.165, 1.54) is 36.4 Å². The van der Waals surface area contributed by atoms with Crippen LogP contribution in [-0.2, 0) is 36.0 Å². The minimum absolute atomic E-state index is 0.0221. The van der Waals surface area contributed by atoms with Crippen LogP contribution < -0.4 is 16.2 Å². The standard InChI is InChI=1S/C20H16N2O8S2/c1-3-9-10(4-2)20(30-19(9)23)11-5-7-13(21)17(31(24)25)15(11)29-16-12(20)6-8-14(22)18(16)32(26,27)28/h3-8,31H,1-2,21-22H2,(H,26,27,28). The highest BCUT2D eigenvalue weighted by Crippen LogP contribution is 2.59. The maximum Gasteiger partial charge on any atom is 0.340 e. The molecule has 2 aromatic carbocycles. The first kappa shape index (κ1) is 21.6. The molecule has 0 radical (unpaired) electrons. The van der Waals surface area contributed by atoms with Gasteiger partial charge in [-0.15, -0.1) is 0 Å². The second-order valence-electron chi connectivity index (χ2n) is 6.88. The molecule has 12 heteroatoms. The zero-order valence-electron chi connectivity index (χ0n) is 16.2. The van der Waals surface area contributed by atoms with Crippen LogP contribution in [0.25, 0.3) is 0 Å². The van der Waals surface area contributed by atoms with E-state index in [9.17, 15) is 26.2 Å². The van der Waals surface area contributed by atoms with Crippen molar-refractivity contribution in [3.8, 4) is 11.5 Å². The van der Waals surface area contributed by atoms with Crippen molar-refractivity contribution in [3.63, 3.8) is 0 Å². The summed E-state index contributed by atoms with van der Waals surface area (Å²) >= 11 is 0. The van der Waals surface area contributed by atoms with Crippen LogP contribution in [0.2, 0.25) is 0 Å². The van der Waals surface area contributed by atoms with Gasteiger partial charge in [-0.3, -0.25) is 4.55 Å². The van der Waals surface area contributed by atoms with Gasteiger partial charge in [0, 0.05) is 16.7 Å². The SMILES string of the molecule is C=CC1=C(C=C)C2(OC1=O)c1ccc(N)c([SH](=O)=O)c1Oc1c2ccc(N)c1S(=O)(=O)O. The summed E-state index contributed by atoms with van der Waals surface area (Å²) in [6.07, 6.45) is 2.54. The predicted molar refractivity (Wildman–Crippen MR) is 114 cm³/mol. The van der Waals surface area contributed by atoms with Gasteiger partial charge in [0.1, 0.15) is 4.90 Å². The molecule has 32 heavy (non-hydrogen) atoms. The minimum atomic E-state index is -4.96. The molecule has 10 nitrogen and oxygen atoms in total. The number of carbonyl (C=O) groups excluding carboxylic acids is 1. The molecule has 0 saturated carbocycles. The summed E-state index contributed by atoms with van der Waals surface area (Å²) in [5.74, 6) is -1.70. The lowest BCUT2D eigenvalue weighted by atomic mass is 9.77. The van der Waals surface area contributed by atoms with E-state index in [0.29, 0.717) is 0 Å². The molecule has 1 atom stereocenters. The summed E-state index contributed by atoms with van der Waals surface area (Å²) in [5.41, 5.74) is 9.42. The van der Waals surface area contributed by atoms with E-state index >= 15 is 0 Å². The summed E-state index contributed by atoms with van der Waals surface area (Å²) in [6.45, 7) is 7.32. The fourth-order valence-corrected chi connectivity index (χ4v) is 5.39. The zero-order chi connectivity index (χ0) is 23.6. The number of hydrogen-bond donors (Lipinski definition) is 4. The number of nitrogens with two attached hydrogens (primary N) is 2. The molecule has 5 N–H and O–H groups in total. The van der Waals surface area contributed by atoms with E-state index in [4.69, 9.17) is 20.9 Å². The highest BCUT2D eigenvalue weighted by molar-refractivity contribution is 7.86. The second-order valence-corrected chi connectivity index (χ2v) is 9.20. The number of anilines is 2. The Balaban J connectivity index is 2.28. The average molecular weight is 476 g/mol. The molecule has 0 bridgehead atoms. The minimum Gasteiger partial charge on any atom is -0.453 e. The summed E-state index contributed by atoms with van der Waals surface area (Å²) in [5, 5.41) is 0. The van der Waals surface area contributed by atoms with Gasteiger partial charge >= 0.3 is 5.97 Å². The van der Waals surface area contributed by atoms with Crippen LogP contribution in [0.5, 0.6) is 11.5 Å². The first-order valence-corrected chi connectivity index (χ1v) is 11.5. The molecule has 1 spiro atoms. The quantitative estimate of drug-likeness (QED) is 0.220. The van der Waals surface area contributed by atoms with E-state index in [0.717, 1.165) is 0 Å². The van der Waals surface area contributed by atoms with Crippen molar-refractivity contribution in [1.29, 1.82) is 0 Å². The Kier molecular flexibility index (Phi) is 4.69. The summed E-state index contributed by atoms with van der Waals surface area (Å²) in [4.78, 5) is 11.4. The van der Waals surface area contributed by atoms with Crippen molar-refractivity contribution in [3.05, 3.63) is 71.8 Å². The van der Waals surface area contributed by atoms with Crippen LogP contribution in [0.15, 0.2) is 70.5 Å². The first-order chi connectivity index (χ1) is 15.0. The smallest absolute Gasteiger partial charge is 0.340 e. The van der Waals surface area contributed by atoms with Crippen LogP contribution in [0, 0.1) is 0 Å². The maximum atomic E-state index is 12.7. The Morgan fingerprint density at radius 3 is 2.12 bits per heavy atom. The number of carbonyl (C=O) groups is 1. The number of benzene rings is 2. The van der Waals surface area contributed by atoms with Crippen LogP contribution in [0.1, 0.15) is 11.1 Å². The molecular formula is C20H16N2O8S2. The number of hydrogen-bond acceptors (Lipinski definition) is 9. The second kappa shape index (κ2) is 6.95. The van der Waals surface area contributed by atoms with Crippen molar-refractivity contribution >= 4 is 38.2 Å². The normalized spacial score (nSPS) is 19.4. The van der Waals surface area contributed by atoms with Gasteiger partial charge in [0.25, 0.3) is 10.1 Å². The molecule has 0 aromatic heterocycles. The summed E-state index contributed by atoms with van der Waals surface area (Å²) in [7, 11) is -8.30. The third kappa shape index (κ3) is 2.70. The van der Waals surface area contributed by atoms with Gasteiger partial charge in [0.2, 0.25) is 0 Å². The highest BCUT2D eigenvalue weighted by atomic mass is 32.2. The van der Waals surface area contributed by atoms with E-state index in [2.05, 4.69) is 13.2 Å². The van der Waals surface area contributed by atoms with E-state index in [1.54, 1.807) is 0 Å². The average Bonchev–Trinajstić information content (AvgIpc) is 2.97. The molecule has 2 aliphatic heterocycles. The molecule has 4 rings (SSSR count). The van der Waals surface area contributed by atoms with Gasteiger partial charge in [-0.1, -0.05) is 25.3 Å². The molecule has 0 fully saturated rings. The Hall–Kier alpha value is -3.61. The van der Waals surface area contributed by atoms with Gasteiger partial charge in [-0.05, 0) is 24.3 Å². The number of fused-ring (bicyclic) bond motifs is 4. The largest absolute Gasteiger partial charge is 0.453 e. The lowest BCUT2D eigenvalue weighted by molar-refractivity contribution is -0.144. The van der Waals surface area contributed by atoms with Gasteiger partial charge in [-0.2, -0.15) is 8.42 Å². The molecule has 166 valence electrons. The Bertz CT molecular complexity index is 1460. The number of nitrogen functional groups attached to an aromatic ring is 2. The molecule has 1 unspecified atom stereocenters. The van der Waals surface area contributed by atoms with Gasteiger partial charge in [0.15, 0.2) is 32.7 Å². The maximum absolute atomic E-state index is 12.7. The Morgan fingerprint density at radius 2 is 1.59 bits per heavy atom. The number of rotatable bonds is 4. The molecule has 2 aliphatic rings. The van der Waals surface area contributed by atoms with Crippen molar-refractivity contribution in [2.75, 3.05) is 11.5 Å². The van der Waals surface area contributed by atoms with Crippen LogP contribution in [0.4, 0.5) is 11.4 Å². The lowest BCUT2D eigenvalue weighted by Gasteiger charge is -2.38. The highest BCUT2D eigenvalue weighted by Gasteiger charge is 2.55. The molecule has 0 aliphatic carbocycles. The van der Waals surface area contributed by atoms with Crippen LogP contribution >= 0.6 is 0 Å². The monoisotopic (exact) mass is 476 g/mol. The van der Waals surface area contributed by atoms with Gasteiger partial charge in [-0.25, -0.2) is 13.2 Å². The number of thiol groups is 1. The first-order valence-electron chi connectivity index (χ1n) is 8.87. The van der Waals surface area contributed by atoms with Crippen LogP contribution in [0.3, 0.4) is 0 Å². The summed E-state index contributed by atoms with van der Waals surface area (Å²) < 4.78 is 69.6. The number of esters is 1. The van der Waals surface area contributed by atoms with Crippen molar-refractivity contribution in [2.45, 2.75) is 15.4 Å². The fraction of sp³-hybridized carbons (Fsp3) is 0.0500. The Morgan fingerprint density at radius 1 is 1.00 bits per heavy atom. The topological polar surface area (TPSA) is 176 Å². The molecule has 0 amide bonds. The predicted octanol–water partition coefficient (Wildman–Crippen LogP) is 1.64. The third-order valence-electron chi connectivity index (χ3n) is 5.25. The molecule has 0 saturated heterocycles. The van der Waals surface area contributed by atoms with Crippen molar-refractivity contribution in [1.82, 2.24) is 0 Å². The Labute approximate surface area is 184 Å². The number of ether oxygens (including phenoxy) is 2. The molecular weight excluding hydrogens is 460 g/mol. The van der Waals surface area contributed by atoms with Gasteiger partial charge in [0.05, 0.1) is 16.9 Å². The summed E-state index contributed by atoms with van der Waals surface area (Å²) in [6, 6.07) is 5.21. The van der Waals surface area contributed by atoms with E-state index < -0.39 is 47.9 Å². The zero-order valence-corrected chi connectivity index (χ0v) is 17.9. The van der Waals surface area contributed by atoms with E-state index in [1.807, 2.05) is 0 Å². The van der Waals surface area contributed by atoms with Crippen molar-refractivity contribution < 1.29 is 35.7 Å². The third-order valence-corrected chi connectivity index (χ3v) is 7.02. The van der Waals surface area contributed by atoms with E-state index in [-0.39, 0.29) is 39.4 Å².